The molecule has 3 rings (SSSR count). The Labute approximate surface area is 166 Å². The summed E-state index contributed by atoms with van der Waals surface area (Å²) in [6.45, 7) is 8.83. The van der Waals surface area contributed by atoms with Gasteiger partial charge in [-0.2, -0.15) is 0 Å². The summed E-state index contributed by atoms with van der Waals surface area (Å²) >= 11 is 1.33. The summed E-state index contributed by atoms with van der Waals surface area (Å²) in [6.07, 6.45) is 0. The third-order valence-electron chi connectivity index (χ3n) is 4.76. The number of thiophene rings is 1. The van der Waals surface area contributed by atoms with Gasteiger partial charge in [0.2, 0.25) is 5.91 Å². The molecule has 146 valence electrons. The Morgan fingerprint density at radius 2 is 1.86 bits per heavy atom. The number of nitrogens with one attached hydrogen (secondary N) is 1. The normalized spacial score (nSPS) is 10.9. The summed E-state index contributed by atoms with van der Waals surface area (Å²) in [5, 5.41) is 3.88. The highest BCUT2D eigenvalue weighted by molar-refractivity contribution is 7.16. The maximum Gasteiger partial charge on any atom is 0.341 e. The molecule has 1 amide bonds. The summed E-state index contributed by atoms with van der Waals surface area (Å²) in [5.74, 6) is -0.802. The lowest BCUT2D eigenvalue weighted by molar-refractivity contribution is -0.114. The standard InChI is InChI=1S/C21H21NO5S/c1-10-6-7-16-15(8-17(24)27-19(16)11(10)2)9-26-21(25)18-12(3)13(4)28-20(18)22-14(5)23/h6-8H,9H2,1-5H3,(H,22,23). The van der Waals surface area contributed by atoms with Gasteiger partial charge in [-0.1, -0.05) is 12.1 Å². The van der Waals surface area contributed by atoms with Gasteiger partial charge >= 0.3 is 11.6 Å². The fourth-order valence-corrected chi connectivity index (χ4v) is 4.07. The molecule has 6 nitrogen and oxygen atoms in total. The highest BCUT2D eigenvalue weighted by Gasteiger charge is 2.22. The third-order valence-corrected chi connectivity index (χ3v) is 5.88. The maximum atomic E-state index is 12.7. The van der Waals surface area contributed by atoms with Crippen molar-refractivity contribution in [3.05, 3.63) is 61.3 Å². The molecule has 1 N–H and O–H groups in total. The van der Waals surface area contributed by atoms with Gasteiger partial charge in [0.15, 0.2) is 0 Å². The molecule has 0 spiro atoms. The molecule has 0 bridgehead atoms. The molecule has 0 fully saturated rings. The number of hydrogen-bond acceptors (Lipinski definition) is 6. The number of amides is 1. The quantitative estimate of drug-likeness (QED) is 0.519. The van der Waals surface area contributed by atoms with Crippen LogP contribution in [0.2, 0.25) is 0 Å². The molecule has 0 radical (unpaired) electrons. The molecule has 1 aromatic carbocycles. The van der Waals surface area contributed by atoms with Gasteiger partial charge in [-0.3, -0.25) is 4.79 Å². The second-order valence-electron chi connectivity index (χ2n) is 6.72. The number of esters is 1. The van der Waals surface area contributed by atoms with E-state index in [1.54, 1.807) is 0 Å². The largest absolute Gasteiger partial charge is 0.457 e. The Bertz CT molecular complexity index is 1160. The van der Waals surface area contributed by atoms with E-state index in [0.29, 0.717) is 21.7 Å². The van der Waals surface area contributed by atoms with Crippen LogP contribution in [0.25, 0.3) is 11.0 Å². The Hall–Kier alpha value is -2.93. The number of rotatable bonds is 4. The fourth-order valence-electron chi connectivity index (χ4n) is 2.98. The van der Waals surface area contributed by atoms with Gasteiger partial charge < -0.3 is 14.5 Å². The summed E-state index contributed by atoms with van der Waals surface area (Å²) in [6, 6.07) is 5.13. The van der Waals surface area contributed by atoms with E-state index in [0.717, 1.165) is 27.0 Å². The predicted molar refractivity (Wildman–Crippen MR) is 109 cm³/mol. The molecule has 3 aromatic rings. The van der Waals surface area contributed by atoms with Crippen molar-refractivity contribution in [3.8, 4) is 0 Å². The van der Waals surface area contributed by atoms with Crippen LogP contribution >= 0.6 is 11.3 Å². The van der Waals surface area contributed by atoms with Crippen LogP contribution in [0.4, 0.5) is 5.00 Å². The van der Waals surface area contributed by atoms with E-state index in [-0.39, 0.29) is 12.5 Å². The van der Waals surface area contributed by atoms with Gasteiger partial charge in [0.1, 0.15) is 17.2 Å². The highest BCUT2D eigenvalue weighted by atomic mass is 32.1. The van der Waals surface area contributed by atoms with E-state index < -0.39 is 11.6 Å². The Morgan fingerprint density at radius 3 is 2.54 bits per heavy atom. The van der Waals surface area contributed by atoms with Crippen LogP contribution in [-0.4, -0.2) is 11.9 Å². The first-order valence-corrected chi connectivity index (χ1v) is 9.58. The van der Waals surface area contributed by atoms with Gasteiger partial charge in [-0.05, 0) is 44.4 Å². The average Bonchev–Trinajstić information content (AvgIpc) is 2.89. The van der Waals surface area contributed by atoms with Crippen LogP contribution in [0.1, 0.15) is 44.4 Å². The molecular formula is C21H21NO5S. The van der Waals surface area contributed by atoms with Gasteiger partial charge in [0.05, 0.1) is 5.56 Å². The molecule has 0 aliphatic carbocycles. The second kappa shape index (κ2) is 7.59. The molecule has 0 unspecified atom stereocenters. The van der Waals surface area contributed by atoms with Crippen LogP contribution in [0.5, 0.6) is 0 Å². The van der Waals surface area contributed by atoms with E-state index in [9.17, 15) is 14.4 Å². The van der Waals surface area contributed by atoms with Crippen LogP contribution in [0.3, 0.4) is 0 Å². The zero-order valence-electron chi connectivity index (χ0n) is 16.4. The van der Waals surface area contributed by atoms with Crippen molar-refractivity contribution in [1.29, 1.82) is 0 Å². The topological polar surface area (TPSA) is 85.6 Å². The lowest BCUT2D eigenvalue weighted by Gasteiger charge is -2.10. The lowest BCUT2D eigenvalue weighted by atomic mass is 10.0. The van der Waals surface area contributed by atoms with Crippen molar-refractivity contribution in [1.82, 2.24) is 0 Å². The Morgan fingerprint density at radius 1 is 1.14 bits per heavy atom. The smallest absolute Gasteiger partial charge is 0.341 e. The van der Waals surface area contributed by atoms with Crippen LogP contribution in [0, 0.1) is 27.7 Å². The van der Waals surface area contributed by atoms with Crippen molar-refractivity contribution < 1.29 is 18.7 Å². The molecule has 2 heterocycles. The molecular weight excluding hydrogens is 378 g/mol. The molecule has 0 saturated heterocycles. The highest BCUT2D eigenvalue weighted by Crippen LogP contribution is 2.33. The van der Waals surface area contributed by atoms with Gasteiger partial charge in [0, 0.05) is 28.8 Å². The molecule has 7 heteroatoms. The maximum absolute atomic E-state index is 12.7. The lowest BCUT2D eigenvalue weighted by Crippen LogP contribution is -2.12. The average molecular weight is 399 g/mol. The van der Waals surface area contributed by atoms with Crippen molar-refractivity contribution in [2.45, 2.75) is 41.2 Å². The summed E-state index contributed by atoms with van der Waals surface area (Å²) in [7, 11) is 0. The number of hydrogen-bond donors (Lipinski definition) is 1. The number of carbonyl (C=O) groups is 2. The van der Waals surface area contributed by atoms with Crippen LogP contribution < -0.4 is 10.9 Å². The molecule has 0 atom stereocenters. The number of carbonyl (C=O) groups excluding carboxylic acids is 2. The molecule has 28 heavy (non-hydrogen) atoms. The third kappa shape index (κ3) is 3.71. The number of anilines is 1. The SMILES string of the molecule is CC(=O)Nc1sc(C)c(C)c1C(=O)OCc1cc(=O)oc2c(C)c(C)ccc12. The minimum absolute atomic E-state index is 0.0721. The number of fused-ring (bicyclic) bond motifs is 1. The predicted octanol–water partition coefficient (Wildman–Crippen LogP) is 4.40. The van der Waals surface area contributed by atoms with E-state index in [2.05, 4.69) is 5.32 Å². The van der Waals surface area contributed by atoms with E-state index in [4.69, 9.17) is 9.15 Å². The fraction of sp³-hybridized carbons (Fsp3) is 0.286. The zero-order valence-corrected chi connectivity index (χ0v) is 17.2. The molecule has 2 aromatic heterocycles. The first kappa shape index (κ1) is 19.8. The van der Waals surface area contributed by atoms with Crippen molar-refractivity contribution in [3.63, 3.8) is 0 Å². The first-order valence-electron chi connectivity index (χ1n) is 8.76. The summed E-state index contributed by atoms with van der Waals surface area (Å²) in [5.41, 5.74) is 3.58. The summed E-state index contributed by atoms with van der Waals surface area (Å²) < 4.78 is 10.8. The Balaban J connectivity index is 1.93. The molecule has 0 saturated carbocycles. The van der Waals surface area contributed by atoms with Crippen molar-refractivity contribution in [2.75, 3.05) is 5.32 Å². The van der Waals surface area contributed by atoms with E-state index >= 15 is 0 Å². The monoisotopic (exact) mass is 399 g/mol. The Kier molecular flexibility index (Phi) is 5.38. The van der Waals surface area contributed by atoms with Gasteiger partial charge in [-0.25, -0.2) is 9.59 Å². The van der Waals surface area contributed by atoms with E-state index in [1.165, 1.54) is 24.3 Å². The van der Waals surface area contributed by atoms with Gasteiger partial charge in [-0.15, -0.1) is 11.3 Å². The minimum Gasteiger partial charge on any atom is -0.457 e. The second-order valence-corrected chi connectivity index (χ2v) is 7.94. The number of ether oxygens (including phenoxy) is 1. The summed E-state index contributed by atoms with van der Waals surface area (Å²) in [4.78, 5) is 37.0. The van der Waals surface area contributed by atoms with Crippen molar-refractivity contribution >= 4 is 39.2 Å². The molecule has 0 aliphatic heterocycles. The van der Waals surface area contributed by atoms with Crippen LogP contribution in [0.15, 0.2) is 27.4 Å². The minimum atomic E-state index is -0.546. The van der Waals surface area contributed by atoms with Crippen LogP contribution in [-0.2, 0) is 16.1 Å². The molecule has 0 aliphatic rings. The van der Waals surface area contributed by atoms with E-state index in [1.807, 2.05) is 39.8 Å². The zero-order chi connectivity index (χ0) is 20.6. The van der Waals surface area contributed by atoms with Gasteiger partial charge in [0.25, 0.3) is 0 Å². The number of aryl methyl sites for hydroxylation is 3. The van der Waals surface area contributed by atoms with Crippen molar-refractivity contribution in [2.24, 2.45) is 0 Å². The number of benzene rings is 1. The first-order chi connectivity index (χ1) is 13.2.